The minimum absolute atomic E-state index is 0.0873. The Morgan fingerprint density at radius 2 is 1.60 bits per heavy atom. The van der Waals surface area contributed by atoms with E-state index in [1.165, 1.54) is 38.5 Å². The van der Waals surface area contributed by atoms with Crippen LogP contribution in [-0.2, 0) is 14.3 Å². The molecule has 25 heavy (non-hydrogen) atoms. The number of hydrogen-bond acceptors (Lipinski definition) is 4. The average molecular weight is 351 g/mol. The van der Waals surface area contributed by atoms with E-state index >= 15 is 0 Å². The van der Waals surface area contributed by atoms with Crippen molar-refractivity contribution in [3.63, 3.8) is 0 Å². The Hall–Kier alpha value is -1.10. The SMILES string of the molecule is CC(C)(C)OC(=O)CCCNCC(=O)NC12CC3CC(CC(C3)C1)C2. The first-order chi connectivity index (χ1) is 11.7. The Balaban J connectivity index is 1.32. The van der Waals surface area contributed by atoms with Crippen molar-refractivity contribution in [1.82, 2.24) is 10.6 Å². The van der Waals surface area contributed by atoms with Gasteiger partial charge in [-0.15, -0.1) is 0 Å². The molecule has 0 saturated heterocycles. The van der Waals surface area contributed by atoms with E-state index in [-0.39, 0.29) is 17.4 Å². The van der Waals surface area contributed by atoms with Crippen LogP contribution in [0.15, 0.2) is 0 Å². The fourth-order valence-corrected chi connectivity index (χ4v) is 5.56. The lowest BCUT2D eigenvalue weighted by Gasteiger charge is -2.56. The first-order valence-corrected chi connectivity index (χ1v) is 9.97. The van der Waals surface area contributed by atoms with Crippen molar-refractivity contribution in [2.24, 2.45) is 17.8 Å². The van der Waals surface area contributed by atoms with Crippen LogP contribution in [0.5, 0.6) is 0 Å². The summed E-state index contributed by atoms with van der Waals surface area (Å²) in [4.78, 5) is 24.0. The van der Waals surface area contributed by atoms with Crippen molar-refractivity contribution >= 4 is 11.9 Å². The molecule has 0 aromatic heterocycles. The second-order valence-electron chi connectivity index (χ2n) is 9.61. The van der Waals surface area contributed by atoms with E-state index in [0.29, 0.717) is 25.9 Å². The van der Waals surface area contributed by atoms with Gasteiger partial charge in [0.1, 0.15) is 5.60 Å². The number of carbonyl (C=O) groups is 2. The van der Waals surface area contributed by atoms with Gasteiger partial charge in [-0.2, -0.15) is 0 Å². The van der Waals surface area contributed by atoms with E-state index in [4.69, 9.17) is 4.74 Å². The molecule has 0 aromatic rings. The van der Waals surface area contributed by atoms with Crippen molar-refractivity contribution in [1.29, 1.82) is 0 Å². The third kappa shape index (κ3) is 5.19. The van der Waals surface area contributed by atoms with Crippen LogP contribution in [-0.4, -0.2) is 36.1 Å². The molecule has 4 bridgehead atoms. The predicted octanol–water partition coefficient (Wildman–Crippen LogP) is 2.78. The maximum absolute atomic E-state index is 12.3. The van der Waals surface area contributed by atoms with E-state index in [9.17, 15) is 9.59 Å². The van der Waals surface area contributed by atoms with Crippen LogP contribution >= 0.6 is 0 Å². The first-order valence-electron chi connectivity index (χ1n) is 9.97. The number of ether oxygens (including phenoxy) is 1. The summed E-state index contributed by atoms with van der Waals surface area (Å²) in [6.45, 7) is 6.62. The summed E-state index contributed by atoms with van der Waals surface area (Å²) in [5.74, 6) is 2.46. The van der Waals surface area contributed by atoms with Gasteiger partial charge in [-0.05, 0) is 90.0 Å². The molecule has 4 aliphatic carbocycles. The number of rotatable bonds is 7. The van der Waals surface area contributed by atoms with Crippen molar-refractivity contribution in [2.75, 3.05) is 13.1 Å². The summed E-state index contributed by atoms with van der Waals surface area (Å²) in [6.07, 6.45) is 8.80. The molecule has 5 heteroatoms. The highest BCUT2D eigenvalue weighted by Gasteiger charge is 2.51. The van der Waals surface area contributed by atoms with Gasteiger partial charge in [-0.3, -0.25) is 9.59 Å². The van der Waals surface area contributed by atoms with Gasteiger partial charge in [-0.1, -0.05) is 0 Å². The summed E-state index contributed by atoms with van der Waals surface area (Å²) in [6, 6.07) is 0. The summed E-state index contributed by atoms with van der Waals surface area (Å²) in [5, 5.41) is 6.53. The lowest BCUT2D eigenvalue weighted by molar-refractivity contribution is -0.154. The smallest absolute Gasteiger partial charge is 0.306 e. The van der Waals surface area contributed by atoms with Crippen LogP contribution in [0.4, 0.5) is 0 Å². The Morgan fingerprint density at radius 1 is 1.04 bits per heavy atom. The standard InChI is InChI=1S/C20H34N2O3/c1-19(2,3)25-18(24)5-4-6-21-13-17(23)22-20-10-14-7-15(11-20)9-16(8-14)12-20/h14-16,21H,4-13H2,1-3H3,(H,22,23). The lowest BCUT2D eigenvalue weighted by Crippen LogP contribution is -2.60. The van der Waals surface area contributed by atoms with E-state index in [1.807, 2.05) is 20.8 Å². The fourth-order valence-electron chi connectivity index (χ4n) is 5.56. The highest BCUT2D eigenvalue weighted by Crippen LogP contribution is 2.55. The highest BCUT2D eigenvalue weighted by molar-refractivity contribution is 5.79. The number of amides is 1. The molecule has 4 rings (SSSR count). The molecular formula is C20H34N2O3. The number of hydrogen-bond donors (Lipinski definition) is 2. The molecule has 2 N–H and O–H groups in total. The van der Waals surface area contributed by atoms with Crippen molar-refractivity contribution in [3.8, 4) is 0 Å². The van der Waals surface area contributed by atoms with Gasteiger partial charge >= 0.3 is 5.97 Å². The number of carbonyl (C=O) groups excluding carboxylic acids is 2. The average Bonchev–Trinajstić information content (AvgIpc) is 2.42. The third-order valence-electron chi connectivity index (χ3n) is 5.88. The molecule has 0 atom stereocenters. The maximum Gasteiger partial charge on any atom is 0.306 e. The second-order valence-corrected chi connectivity index (χ2v) is 9.61. The summed E-state index contributed by atoms with van der Waals surface area (Å²) >= 11 is 0. The zero-order chi connectivity index (χ0) is 18.1. The molecule has 1 amide bonds. The molecular weight excluding hydrogens is 316 g/mol. The van der Waals surface area contributed by atoms with E-state index in [1.54, 1.807) is 0 Å². The Kier molecular flexibility index (Phi) is 5.42. The van der Waals surface area contributed by atoms with Crippen LogP contribution in [0.25, 0.3) is 0 Å². The third-order valence-corrected chi connectivity index (χ3v) is 5.88. The molecule has 0 aliphatic heterocycles. The quantitative estimate of drug-likeness (QED) is 0.547. The molecule has 4 saturated carbocycles. The predicted molar refractivity (Wildman–Crippen MR) is 97.0 cm³/mol. The van der Waals surface area contributed by atoms with Gasteiger partial charge in [0.05, 0.1) is 6.54 Å². The summed E-state index contributed by atoms with van der Waals surface area (Å²) < 4.78 is 5.28. The largest absolute Gasteiger partial charge is 0.460 e. The van der Waals surface area contributed by atoms with Gasteiger partial charge in [-0.25, -0.2) is 0 Å². The van der Waals surface area contributed by atoms with E-state index < -0.39 is 5.60 Å². The number of nitrogens with one attached hydrogen (secondary N) is 2. The van der Waals surface area contributed by atoms with Crippen LogP contribution < -0.4 is 10.6 Å². The molecule has 0 aromatic carbocycles. The number of esters is 1. The molecule has 5 nitrogen and oxygen atoms in total. The second kappa shape index (κ2) is 7.26. The van der Waals surface area contributed by atoms with Crippen molar-refractivity contribution in [2.45, 2.75) is 83.3 Å². The first kappa shape index (κ1) is 18.7. The molecule has 4 aliphatic rings. The van der Waals surface area contributed by atoms with Crippen LogP contribution in [0, 0.1) is 17.8 Å². The van der Waals surface area contributed by atoms with Crippen LogP contribution in [0.1, 0.15) is 72.1 Å². The van der Waals surface area contributed by atoms with E-state index in [0.717, 1.165) is 17.8 Å². The van der Waals surface area contributed by atoms with E-state index in [2.05, 4.69) is 10.6 Å². The molecule has 0 unspecified atom stereocenters. The zero-order valence-corrected chi connectivity index (χ0v) is 16.0. The minimum atomic E-state index is -0.428. The maximum atomic E-state index is 12.3. The van der Waals surface area contributed by atoms with Gasteiger partial charge in [0, 0.05) is 12.0 Å². The fraction of sp³-hybridized carbons (Fsp3) is 0.900. The molecule has 4 fully saturated rings. The zero-order valence-electron chi connectivity index (χ0n) is 16.0. The topological polar surface area (TPSA) is 67.4 Å². The molecule has 142 valence electrons. The van der Waals surface area contributed by atoms with Gasteiger partial charge in [0.25, 0.3) is 0 Å². The van der Waals surface area contributed by atoms with Crippen LogP contribution in [0.3, 0.4) is 0 Å². The van der Waals surface area contributed by atoms with Gasteiger partial charge < -0.3 is 15.4 Å². The summed E-state index contributed by atoms with van der Waals surface area (Å²) in [7, 11) is 0. The highest BCUT2D eigenvalue weighted by atomic mass is 16.6. The minimum Gasteiger partial charge on any atom is -0.460 e. The lowest BCUT2D eigenvalue weighted by atomic mass is 9.53. The Bertz CT molecular complexity index is 474. The molecule has 0 spiro atoms. The van der Waals surface area contributed by atoms with Crippen LogP contribution in [0.2, 0.25) is 0 Å². The monoisotopic (exact) mass is 350 g/mol. The van der Waals surface area contributed by atoms with Crippen molar-refractivity contribution in [3.05, 3.63) is 0 Å². The Labute approximate surface area is 151 Å². The van der Waals surface area contributed by atoms with Gasteiger partial charge in [0.15, 0.2) is 0 Å². The van der Waals surface area contributed by atoms with Crippen molar-refractivity contribution < 1.29 is 14.3 Å². The molecule has 0 radical (unpaired) electrons. The molecule has 0 heterocycles. The van der Waals surface area contributed by atoms with Gasteiger partial charge in [0.2, 0.25) is 5.91 Å². The Morgan fingerprint density at radius 3 is 2.12 bits per heavy atom. The summed E-state index contributed by atoms with van der Waals surface area (Å²) in [5.41, 5.74) is -0.341. The normalized spacial score (nSPS) is 33.3.